The zero-order chi connectivity index (χ0) is 12.1. The van der Waals surface area contributed by atoms with Crippen LogP contribution in [-0.4, -0.2) is 37.1 Å². The summed E-state index contributed by atoms with van der Waals surface area (Å²) in [6.45, 7) is 1.13. The number of carboxylic acids is 1. The summed E-state index contributed by atoms with van der Waals surface area (Å²) >= 11 is 0. The molecule has 0 saturated heterocycles. The van der Waals surface area contributed by atoms with E-state index in [-0.39, 0.29) is 29.6 Å². The van der Waals surface area contributed by atoms with Gasteiger partial charge in [0.05, 0.1) is 18.4 Å². The third kappa shape index (κ3) is 4.65. The van der Waals surface area contributed by atoms with Gasteiger partial charge < -0.3 is 25.7 Å². The van der Waals surface area contributed by atoms with E-state index in [2.05, 4.69) is 19.9 Å². The SMILES string of the molecule is CC(O)C(=O)[O-].Nc1ncnc2nc[nH]c12.[Na+]. The summed E-state index contributed by atoms with van der Waals surface area (Å²) in [7, 11) is 0. The number of aliphatic hydroxyl groups is 1. The average molecular weight is 247 g/mol. The minimum absolute atomic E-state index is 0. The molecule has 0 aromatic carbocycles. The Balaban J connectivity index is 0.000000324. The Bertz CT molecular complexity index is 487. The number of nitrogens with two attached hydrogens (primary N) is 1. The fourth-order valence-electron chi connectivity index (χ4n) is 0.784. The molecule has 2 rings (SSSR count). The minimum atomic E-state index is -1.44. The van der Waals surface area contributed by atoms with Gasteiger partial charge in [0.2, 0.25) is 0 Å². The monoisotopic (exact) mass is 247 g/mol. The second-order valence-corrected chi connectivity index (χ2v) is 2.86. The Morgan fingerprint density at radius 1 is 1.53 bits per heavy atom. The van der Waals surface area contributed by atoms with Crippen molar-refractivity contribution in [3.05, 3.63) is 12.7 Å². The number of carbonyl (C=O) groups excluding carboxylic acids is 1. The Hall–Kier alpha value is -1.22. The summed E-state index contributed by atoms with van der Waals surface area (Å²) in [5.41, 5.74) is 6.78. The molecule has 1 unspecified atom stereocenters. The van der Waals surface area contributed by atoms with Crippen molar-refractivity contribution in [1.82, 2.24) is 19.9 Å². The fraction of sp³-hybridized carbons (Fsp3) is 0.250. The van der Waals surface area contributed by atoms with Crippen molar-refractivity contribution in [3.63, 3.8) is 0 Å². The summed E-state index contributed by atoms with van der Waals surface area (Å²) in [5.74, 6) is -1.00. The van der Waals surface area contributed by atoms with Crippen LogP contribution in [0, 0.1) is 0 Å². The number of aromatic nitrogens is 4. The van der Waals surface area contributed by atoms with Crippen LogP contribution in [0.4, 0.5) is 5.82 Å². The molecular weight excluding hydrogens is 237 g/mol. The number of carbonyl (C=O) groups is 1. The van der Waals surface area contributed by atoms with E-state index in [9.17, 15) is 9.90 Å². The number of rotatable bonds is 1. The van der Waals surface area contributed by atoms with Gasteiger partial charge in [-0.1, -0.05) is 0 Å². The van der Waals surface area contributed by atoms with Crippen molar-refractivity contribution in [2.75, 3.05) is 5.73 Å². The van der Waals surface area contributed by atoms with Crippen LogP contribution in [-0.2, 0) is 4.79 Å². The van der Waals surface area contributed by atoms with E-state index in [0.29, 0.717) is 17.0 Å². The molecule has 0 bridgehead atoms. The number of hydrogen-bond acceptors (Lipinski definition) is 7. The van der Waals surface area contributed by atoms with Crippen LogP contribution in [0.2, 0.25) is 0 Å². The molecule has 2 heterocycles. The Morgan fingerprint density at radius 2 is 2.12 bits per heavy atom. The average Bonchev–Trinajstić information content (AvgIpc) is 2.68. The molecule has 17 heavy (non-hydrogen) atoms. The molecule has 0 aliphatic carbocycles. The predicted molar refractivity (Wildman–Crippen MR) is 52.8 cm³/mol. The van der Waals surface area contributed by atoms with E-state index >= 15 is 0 Å². The summed E-state index contributed by atoms with van der Waals surface area (Å²) in [4.78, 5) is 23.7. The molecule has 0 aliphatic heterocycles. The van der Waals surface area contributed by atoms with E-state index in [1.165, 1.54) is 12.7 Å². The molecule has 8 nitrogen and oxygen atoms in total. The quantitative estimate of drug-likeness (QED) is 0.428. The molecule has 0 aliphatic rings. The molecule has 1 atom stereocenters. The smallest absolute Gasteiger partial charge is 0.547 e. The number of anilines is 1. The Labute approximate surface area is 119 Å². The molecule has 86 valence electrons. The summed E-state index contributed by atoms with van der Waals surface area (Å²) in [6.07, 6.45) is 1.58. The van der Waals surface area contributed by atoms with Crippen LogP contribution in [0.25, 0.3) is 11.2 Å². The number of aromatic amines is 1. The van der Waals surface area contributed by atoms with Crippen LogP contribution >= 0.6 is 0 Å². The van der Waals surface area contributed by atoms with Gasteiger partial charge in [0.1, 0.15) is 11.8 Å². The predicted octanol–water partition coefficient (Wildman–Crippen LogP) is -4.94. The number of imidazole rings is 1. The molecule has 4 N–H and O–H groups in total. The number of nitrogens with one attached hydrogen (secondary N) is 1. The number of nitrogens with zero attached hydrogens (tertiary/aromatic N) is 3. The van der Waals surface area contributed by atoms with Gasteiger partial charge in [-0.3, -0.25) is 0 Å². The van der Waals surface area contributed by atoms with Crippen molar-refractivity contribution in [2.45, 2.75) is 13.0 Å². The van der Waals surface area contributed by atoms with Gasteiger partial charge in [0.25, 0.3) is 0 Å². The second kappa shape index (κ2) is 7.17. The van der Waals surface area contributed by atoms with E-state index < -0.39 is 12.1 Å². The van der Waals surface area contributed by atoms with E-state index in [4.69, 9.17) is 10.8 Å². The summed E-state index contributed by atoms with van der Waals surface area (Å²) in [6, 6.07) is 0. The van der Waals surface area contributed by atoms with Crippen LogP contribution in [0.15, 0.2) is 12.7 Å². The van der Waals surface area contributed by atoms with E-state index in [1.807, 2.05) is 0 Å². The normalized spacial score (nSPS) is 10.9. The van der Waals surface area contributed by atoms with Crippen molar-refractivity contribution in [1.29, 1.82) is 0 Å². The Kier molecular flexibility index (Phi) is 6.66. The first-order valence-corrected chi connectivity index (χ1v) is 4.31. The van der Waals surface area contributed by atoms with Gasteiger partial charge in [-0.05, 0) is 6.92 Å². The van der Waals surface area contributed by atoms with Crippen LogP contribution in [0.5, 0.6) is 0 Å². The maximum Gasteiger partial charge on any atom is 1.00 e. The molecule has 2 aromatic heterocycles. The second-order valence-electron chi connectivity index (χ2n) is 2.86. The topological polar surface area (TPSA) is 141 Å². The molecule has 9 heteroatoms. The van der Waals surface area contributed by atoms with E-state index in [0.717, 1.165) is 6.92 Å². The number of hydrogen-bond donors (Lipinski definition) is 3. The number of aliphatic hydroxyl groups excluding tert-OH is 1. The molecule has 2 aromatic rings. The maximum absolute atomic E-state index is 9.34. The summed E-state index contributed by atoms with van der Waals surface area (Å²) < 4.78 is 0. The zero-order valence-electron chi connectivity index (χ0n) is 9.41. The standard InChI is InChI=1S/C5H5N5.C3H6O3.Na/c6-4-3-5(9-1-7-3)10-2-8-4;1-2(4)3(5)6;/h1-2H,(H3,6,7,8,9,10);2,4H,1H3,(H,5,6);/q;;+1/p-1. The van der Waals surface area contributed by atoms with Gasteiger partial charge in [0.15, 0.2) is 11.5 Å². The van der Waals surface area contributed by atoms with Gasteiger partial charge in [-0.2, -0.15) is 0 Å². The molecule has 0 saturated carbocycles. The fourth-order valence-corrected chi connectivity index (χ4v) is 0.784. The molecule has 0 radical (unpaired) electrons. The van der Waals surface area contributed by atoms with Crippen molar-refractivity contribution in [2.24, 2.45) is 0 Å². The van der Waals surface area contributed by atoms with E-state index in [1.54, 1.807) is 0 Å². The first kappa shape index (κ1) is 15.8. The Morgan fingerprint density at radius 3 is 2.59 bits per heavy atom. The number of aliphatic carboxylic acids is 1. The maximum atomic E-state index is 9.34. The number of carboxylic acid groups (broad SMARTS) is 1. The third-order valence-electron chi connectivity index (χ3n) is 1.59. The molecular formula is C8H10N5NaO3. The number of fused-ring (bicyclic) bond motifs is 1. The first-order valence-electron chi connectivity index (χ1n) is 4.31. The third-order valence-corrected chi connectivity index (χ3v) is 1.59. The largest absolute Gasteiger partial charge is 1.00 e. The number of nitrogen functional groups attached to an aromatic ring is 1. The van der Waals surface area contributed by atoms with Gasteiger partial charge >= 0.3 is 29.6 Å². The zero-order valence-corrected chi connectivity index (χ0v) is 11.4. The van der Waals surface area contributed by atoms with Crippen LogP contribution in [0.1, 0.15) is 6.92 Å². The number of H-pyrrole nitrogens is 1. The first-order chi connectivity index (χ1) is 7.52. The van der Waals surface area contributed by atoms with Crippen molar-refractivity contribution in [3.8, 4) is 0 Å². The van der Waals surface area contributed by atoms with Crippen LogP contribution in [0.3, 0.4) is 0 Å². The molecule has 0 spiro atoms. The van der Waals surface area contributed by atoms with Gasteiger partial charge in [0, 0.05) is 0 Å². The minimum Gasteiger partial charge on any atom is -0.547 e. The van der Waals surface area contributed by atoms with Crippen LogP contribution < -0.4 is 40.4 Å². The molecule has 0 amide bonds. The van der Waals surface area contributed by atoms with Gasteiger partial charge in [-0.15, -0.1) is 0 Å². The van der Waals surface area contributed by atoms with Crippen molar-refractivity contribution < 1.29 is 44.6 Å². The molecule has 0 fully saturated rings. The van der Waals surface area contributed by atoms with Crippen molar-refractivity contribution >= 4 is 23.0 Å². The summed E-state index contributed by atoms with van der Waals surface area (Å²) in [5, 5.41) is 17.3. The van der Waals surface area contributed by atoms with Gasteiger partial charge in [-0.25, -0.2) is 15.0 Å².